The molecular formula is C24H33F3N6OS. The summed E-state index contributed by atoms with van der Waals surface area (Å²) >= 11 is 1.45. The lowest BCUT2D eigenvalue weighted by Gasteiger charge is -2.21. The van der Waals surface area contributed by atoms with E-state index in [9.17, 15) is 18.0 Å². The van der Waals surface area contributed by atoms with Gasteiger partial charge in [-0.25, -0.2) is 4.98 Å². The quantitative estimate of drug-likeness (QED) is 0.328. The van der Waals surface area contributed by atoms with Gasteiger partial charge in [0.1, 0.15) is 6.54 Å². The van der Waals surface area contributed by atoms with Gasteiger partial charge >= 0.3 is 6.18 Å². The molecule has 0 aliphatic heterocycles. The molecule has 7 nitrogen and oxygen atoms in total. The van der Waals surface area contributed by atoms with Crippen LogP contribution in [0.25, 0.3) is 10.2 Å². The fourth-order valence-corrected chi connectivity index (χ4v) is 5.53. The number of aromatic nitrogens is 4. The number of thiophene rings is 1. The standard InChI is InChI=1S/C24H33F3N6OS/c1-2-9-31(15-18-14-19(18)23(34)29-7-4-11-32-12-8-28-17-32)10-3-5-20-22-21(6-13-35-22)33(30-20)16-24(25,26)27/h6,8,12-13,17-19H,2-5,7,9-11,14-16H2,1H3,(H,29,34)/t18-,19+/m0/s1. The molecular weight excluding hydrogens is 477 g/mol. The maximum atomic E-state index is 12.9. The molecule has 1 fully saturated rings. The Morgan fingerprint density at radius 3 is 2.91 bits per heavy atom. The van der Waals surface area contributed by atoms with Crippen LogP contribution in [0.3, 0.4) is 0 Å². The lowest BCUT2D eigenvalue weighted by Crippen LogP contribution is -2.31. The van der Waals surface area contributed by atoms with Crippen LogP contribution < -0.4 is 5.32 Å². The number of halogens is 3. The molecule has 4 rings (SSSR count). The maximum absolute atomic E-state index is 12.9. The smallest absolute Gasteiger partial charge is 0.356 e. The normalized spacial score (nSPS) is 18.0. The van der Waals surface area contributed by atoms with Gasteiger partial charge in [-0.2, -0.15) is 18.3 Å². The SMILES string of the molecule is CCCN(CCCc1nn(CC(F)(F)F)c2ccsc12)C[C@@H]1C[C@H]1C(=O)NCCCn1ccnc1. The van der Waals surface area contributed by atoms with Crippen molar-refractivity contribution in [3.63, 3.8) is 0 Å². The van der Waals surface area contributed by atoms with Crippen LogP contribution in [0.5, 0.6) is 0 Å². The van der Waals surface area contributed by atoms with Gasteiger partial charge in [-0.1, -0.05) is 6.92 Å². The number of imidazole rings is 1. The predicted octanol–water partition coefficient (Wildman–Crippen LogP) is 4.34. The molecule has 0 bridgehead atoms. The number of fused-ring (bicyclic) bond motifs is 1. The average molecular weight is 511 g/mol. The highest BCUT2D eigenvalue weighted by Gasteiger charge is 2.43. The van der Waals surface area contributed by atoms with Crippen LogP contribution in [-0.2, 0) is 24.3 Å². The topological polar surface area (TPSA) is 68.0 Å². The van der Waals surface area contributed by atoms with E-state index in [-0.39, 0.29) is 11.8 Å². The van der Waals surface area contributed by atoms with Gasteiger partial charge in [-0.3, -0.25) is 9.48 Å². The van der Waals surface area contributed by atoms with E-state index in [0.717, 1.165) is 66.9 Å². The minimum Gasteiger partial charge on any atom is -0.356 e. The van der Waals surface area contributed by atoms with Gasteiger partial charge < -0.3 is 14.8 Å². The van der Waals surface area contributed by atoms with Crippen molar-refractivity contribution in [1.82, 2.24) is 29.5 Å². The predicted molar refractivity (Wildman–Crippen MR) is 130 cm³/mol. The molecule has 0 spiro atoms. The Kier molecular flexibility index (Phi) is 8.48. The number of nitrogens with zero attached hydrogens (tertiary/aromatic N) is 5. The van der Waals surface area contributed by atoms with Crippen molar-refractivity contribution >= 4 is 27.5 Å². The molecule has 1 N–H and O–H groups in total. The molecule has 3 aromatic rings. The van der Waals surface area contributed by atoms with Gasteiger partial charge in [-0.15, -0.1) is 11.3 Å². The monoisotopic (exact) mass is 510 g/mol. The van der Waals surface area contributed by atoms with Crippen molar-refractivity contribution in [1.29, 1.82) is 0 Å². The lowest BCUT2D eigenvalue weighted by molar-refractivity contribution is -0.141. The zero-order chi connectivity index (χ0) is 24.8. The third-order valence-electron chi connectivity index (χ3n) is 6.39. The van der Waals surface area contributed by atoms with Crippen molar-refractivity contribution in [3.05, 3.63) is 35.9 Å². The molecule has 1 aliphatic carbocycles. The number of hydrogen-bond donors (Lipinski definition) is 1. The first-order chi connectivity index (χ1) is 16.8. The van der Waals surface area contributed by atoms with E-state index in [1.54, 1.807) is 18.6 Å². The first kappa shape index (κ1) is 25.7. The van der Waals surface area contributed by atoms with Gasteiger partial charge in [0.15, 0.2) is 0 Å². The highest BCUT2D eigenvalue weighted by molar-refractivity contribution is 7.17. The van der Waals surface area contributed by atoms with Crippen molar-refractivity contribution < 1.29 is 18.0 Å². The molecule has 1 amide bonds. The third kappa shape index (κ3) is 7.30. The summed E-state index contributed by atoms with van der Waals surface area (Å²) in [6, 6.07) is 1.71. The summed E-state index contributed by atoms with van der Waals surface area (Å²) in [6.07, 6.45) is 5.44. The number of amides is 1. The summed E-state index contributed by atoms with van der Waals surface area (Å²) in [5, 5.41) is 9.15. The summed E-state index contributed by atoms with van der Waals surface area (Å²) in [5.41, 5.74) is 1.31. The van der Waals surface area contributed by atoms with E-state index in [2.05, 4.69) is 27.2 Å². The Balaban J connectivity index is 1.20. The molecule has 1 saturated carbocycles. The summed E-state index contributed by atoms with van der Waals surface area (Å²) in [7, 11) is 0. The molecule has 0 radical (unpaired) electrons. The lowest BCUT2D eigenvalue weighted by atomic mass is 10.2. The minimum absolute atomic E-state index is 0.0893. The van der Waals surface area contributed by atoms with Crippen LogP contribution in [0.2, 0.25) is 0 Å². The minimum atomic E-state index is -4.29. The Labute approximate surface area is 207 Å². The van der Waals surface area contributed by atoms with Crippen molar-refractivity contribution in [2.24, 2.45) is 11.8 Å². The van der Waals surface area contributed by atoms with E-state index in [0.29, 0.717) is 24.4 Å². The highest BCUT2D eigenvalue weighted by atomic mass is 32.1. The van der Waals surface area contributed by atoms with Gasteiger partial charge in [-0.05, 0) is 62.6 Å². The van der Waals surface area contributed by atoms with Crippen molar-refractivity contribution in [2.75, 3.05) is 26.2 Å². The molecule has 0 saturated heterocycles. The molecule has 0 unspecified atom stereocenters. The van der Waals surface area contributed by atoms with Crippen LogP contribution >= 0.6 is 11.3 Å². The van der Waals surface area contributed by atoms with Crippen LogP contribution in [-0.4, -0.2) is 62.5 Å². The molecule has 0 aromatic carbocycles. The van der Waals surface area contributed by atoms with Crippen molar-refractivity contribution in [2.45, 2.75) is 58.3 Å². The Morgan fingerprint density at radius 2 is 2.17 bits per heavy atom. The Morgan fingerprint density at radius 1 is 1.31 bits per heavy atom. The van der Waals surface area contributed by atoms with E-state index >= 15 is 0 Å². The summed E-state index contributed by atoms with van der Waals surface area (Å²) in [6.45, 7) is 5.27. The average Bonchev–Trinajstić information content (AvgIpc) is 3.15. The van der Waals surface area contributed by atoms with Crippen LogP contribution in [0.4, 0.5) is 13.2 Å². The molecule has 2 atom stereocenters. The number of aryl methyl sites for hydroxylation is 2. The molecule has 1 aliphatic rings. The van der Waals surface area contributed by atoms with E-state index in [1.165, 1.54) is 11.3 Å². The first-order valence-electron chi connectivity index (χ1n) is 12.3. The second kappa shape index (κ2) is 11.6. The number of carbonyl (C=O) groups is 1. The van der Waals surface area contributed by atoms with Crippen molar-refractivity contribution in [3.8, 4) is 0 Å². The summed E-state index contributed by atoms with van der Waals surface area (Å²) < 4.78 is 42.6. The fraction of sp³-hybridized carbons (Fsp3) is 0.625. The van der Waals surface area contributed by atoms with Crippen LogP contribution in [0.15, 0.2) is 30.2 Å². The number of alkyl halides is 3. The van der Waals surface area contributed by atoms with E-state index in [4.69, 9.17) is 0 Å². The summed E-state index contributed by atoms with van der Waals surface area (Å²) in [4.78, 5) is 18.9. The number of carbonyl (C=O) groups excluding carboxylic acids is 1. The highest BCUT2D eigenvalue weighted by Crippen LogP contribution is 2.39. The van der Waals surface area contributed by atoms with E-state index < -0.39 is 12.7 Å². The molecule has 192 valence electrons. The number of rotatable bonds is 14. The Bertz CT molecular complexity index is 1080. The third-order valence-corrected chi connectivity index (χ3v) is 7.34. The van der Waals surface area contributed by atoms with E-state index in [1.807, 2.05) is 16.1 Å². The summed E-state index contributed by atoms with van der Waals surface area (Å²) in [5.74, 6) is 0.615. The molecule has 35 heavy (non-hydrogen) atoms. The second-order valence-corrected chi connectivity index (χ2v) is 10.2. The molecule has 3 aromatic heterocycles. The van der Waals surface area contributed by atoms with Crippen LogP contribution in [0, 0.1) is 11.8 Å². The van der Waals surface area contributed by atoms with Gasteiger partial charge in [0, 0.05) is 37.9 Å². The van der Waals surface area contributed by atoms with Gasteiger partial charge in [0.2, 0.25) is 5.91 Å². The largest absolute Gasteiger partial charge is 0.408 e. The fourth-order valence-electron chi connectivity index (χ4n) is 4.63. The zero-order valence-corrected chi connectivity index (χ0v) is 20.8. The van der Waals surface area contributed by atoms with Crippen LogP contribution in [0.1, 0.15) is 38.3 Å². The first-order valence-corrected chi connectivity index (χ1v) is 13.2. The van der Waals surface area contributed by atoms with Gasteiger partial charge in [0.05, 0.1) is 22.2 Å². The number of nitrogens with one attached hydrogen (secondary N) is 1. The molecule has 3 heterocycles. The molecule has 11 heteroatoms. The maximum Gasteiger partial charge on any atom is 0.408 e. The van der Waals surface area contributed by atoms with Gasteiger partial charge in [0.25, 0.3) is 0 Å². The second-order valence-electron chi connectivity index (χ2n) is 9.31. The number of hydrogen-bond acceptors (Lipinski definition) is 5. The Hall–Kier alpha value is -2.40. The zero-order valence-electron chi connectivity index (χ0n) is 20.0.